The maximum Gasteiger partial charge on any atom is 0.407 e. The average molecular weight is 689 g/mol. The number of benzene rings is 1. The first kappa shape index (κ1) is 32.1. The molecule has 1 fully saturated rings. The van der Waals surface area contributed by atoms with Crippen LogP contribution in [0.15, 0.2) is 28.9 Å². The lowest BCUT2D eigenvalue weighted by Gasteiger charge is -2.27. The second-order valence-corrected chi connectivity index (χ2v) is 16.4. The number of aromatic nitrogens is 6. The zero-order valence-electron chi connectivity index (χ0n) is 26.1. The van der Waals surface area contributed by atoms with Crippen LogP contribution in [0.25, 0.3) is 16.7 Å². The molecule has 1 aliphatic heterocycles. The fourth-order valence-corrected chi connectivity index (χ4v) is 5.88. The number of nitrogens with one attached hydrogen (secondary N) is 2. The number of morpholine rings is 1. The summed E-state index contributed by atoms with van der Waals surface area (Å²) in [6, 6.07) is 7.17. The number of halogens is 1. The minimum Gasteiger partial charge on any atom is -0.444 e. The van der Waals surface area contributed by atoms with E-state index in [2.05, 4.69) is 60.3 Å². The second-order valence-electron chi connectivity index (χ2n) is 12.2. The molecule has 0 aliphatic carbocycles. The molecule has 1 amide bonds. The van der Waals surface area contributed by atoms with Crippen molar-refractivity contribution in [2.45, 2.75) is 65.2 Å². The average Bonchev–Trinajstić information content (AvgIpc) is 3.53. The summed E-state index contributed by atoms with van der Waals surface area (Å²) in [5, 5.41) is 10.8. The van der Waals surface area contributed by atoms with E-state index in [0.717, 1.165) is 46.0 Å². The first-order valence-electron chi connectivity index (χ1n) is 15.1. The van der Waals surface area contributed by atoms with Gasteiger partial charge < -0.3 is 34.3 Å². The van der Waals surface area contributed by atoms with Crippen molar-refractivity contribution in [3.8, 4) is 0 Å². The molecular formula is C29H42BrN9O4Si. The molecule has 238 valence electrons. The fraction of sp³-hybridized carbons (Fsp3) is 0.552. The third-order valence-electron chi connectivity index (χ3n) is 7.06. The Bertz CT molecular complexity index is 1580. The highest BCUT2D eigenvalue weighted by molar-refractivity contribution is 9.10. The molecule has 4 aromatic rings. The number of amides is 1. The van der Waals surface area contributed by atoms with Crippen LogP contribution in [0, 0.1) is 0 Å². The van der Waals surface area contributed by atoms with E-state index in [-0.39, 0.29) is 0 Å². The number of imidazole rings is 1. The highest BCUT2D eigenvalue weighted by atomic mass is 79.9. The van der Waals surface area contributed by atoms with E-state index in [0.29, 0.717) is 63.6 Å². The molecule has 15 heteroatoms. The van der Waals surface area contributed by atoms with E-state index in [1.54, 1.807) is 10.7 Å². The number of para-hydroxylation sites is 1. The summed E-state index contributed by atoms with van der Waals surface area (Å²) in [4.78, 5) is 29.0. The van der Waals surface area contributed by atoms with Crippen molar-refractivity contribution >= 4 is 59.4 Å². The van der Waals surface area contributed by atoms with Crippen molar-refractivity contribution in [3.05, 3.63) is 40.3 Å². The van der Waals surface area contributed by atoms with E-state index in [9.17, 15) is 4.79 Å². The largest absolute Gasteiger partial charge is 0.444 e. The van der Waals surface area contributed by atoms with Crippen molar-refractivity contribution in [3.63, 3.8) is 0 Å². The van der Waals surface area contributed by atoms with Gasteiger partial charge in [0.2, 0.25) is 11.9 Å². The van der Waals surface area contributed by atoms with Gasteiger partial charge in [-0.15, -0.1) is 0 Å². The zero-order valence-corrected chi connectivity index (χ0v) is 28.8. The maximum atomic E-state index is 12.2. The standard InChI is InChI=1S/C29H42BrN9O4Si/c1-29(2,3)43-28(40)31-10-9-20-7-6-8-22-24(20)38(19-42-15-16-44(4)5)23(34-22)18-32-26-36-27(37-11-13-41-14-12-37)35-25-21(30)17-33-39(25)26/h6-8,17,44H,9-16,18-19H2,1-5H3,(H,31,40)(H,32,35,36). The number of fused-ring (bicyclic) bond motifs is 2. The van der Waals surface area contributed by atoms with Crippen LogP contribution in [0.3, 0.4) is 0 Å². The Labute approximate surface area is 267 Å². The number of alkyl carbamates (subject to hydrolysis) is 1. The molecule has 44 heavy (non-hydrogen) atoms. The molecule has 0 saturated carbocycles. The Balaban J connectivity index is 1.41. The molecule has 3 aromatic heterocycles. The lowest BCUT2D eigenvalue weighted by atomic mass is 10.1. The number of hydrogen-bond donors (Lipinski definition) is 2. The molecule has 0 unspecified atom stereocenters. The fourth-order valence-electron chi connectivity index (χ4n) is 4.89. The van der Waals surface area contributed by atoms with Crippen LogP contribution in [0.4, 0.5) is 16.7 Å². The summed E-state index contributed by atoms with van der Waals surface area (Å²) in [6.45, 7) is 14.8. The van der Waals surface area contributed by atoms with Crippen LogP contribution in [0.5, 0.6) is 0 Å². The number of carbonyl (C=O) groups is 1. The van der Waals surface area contributed by atoms with Crippen LogP contribution < -0.4 is 15.5 Å². The Kier molecular flexibility index (Phi) is 10.4. The predicted molar refractivity (Wildman–Crippen MR) is 176 cm³/mol. The summed E-state index contributed by atoms with van der Waals surface area (Å²) in [6.07, 6.45) is 1.91. The second kappa shape index (κ2) is 14.2. The minimum atomic E-state index is -0.742. The van der Waals surface area contributed by atoms with Crippen molar-refractivity contribution < 1.29 is 19.0 Å². The van der Waals surface area contributed by atoms with Crippen molar-refractivity contribution in [1.82, 2.24) is 34.4 Å². The molecule has 0 radical (unpaired) electrons. The Morgan fingerprint density at radius 2 is 1.95 bits per heavy atom. The maximum absolute atomic E-state index is 12.2. The molecule has 5 rings (SSSR count). The number of ether oxygens (including phenoxy) is 3. The summed E-state index contributed by atoms with van der Waals surface area (Å²) >= 11 is 3.58. The van der Waals surface area contributed by atoms with E-state index in [1.165, 1.54) is 0 Å². The molecule has 1 aromatic carbocycles. The normalized spacial score (nSPS) is 14.1. The Morgan fingerprint density at radius 1 is 1.16 bits per heavy atom. The first-order valence-corrected chi connectivity index (χ1v) is 19.0. The molecule has 2 N–H and O–H groups in total. The quantitative estimate of drug-likeness (QED) is 0.165. The molecule has 0 spiro atoms. The molecule has 4 heterocycles. The smallest absolute Gasteiger partial charge is 0.407 e. The topological polar surface area (TPSA) is 133 Å². The molecule has 0 bridgehead atoms. The van der Waals surface area contributed by atoms with Crippen molar-refractivity contribution in [2.24, 2.45) is 0 Å². The van der Waals surface area contributed by atoms with Crippen LogP contribution >= 0.6 is 15.9 Å². The van der Waals surface area contributed by atoms with Gasteiger partial charge in [-0.1, -0.05) is 25.2 Å². The number of hydrogen-bond acceptors (Lipinski definition) is 10. The SMILES string of the molecule is C[SiH](C)CCOCn1c(CNc2nc(N3CCOCC3)nc3c(Br)cnn23)nc2cccc(CCNC(=O)OC(C)(C)C)c21. The molecule has 0 atom stereocenters. The number of anilines is 2. The summed E-state index contributed by atoms with van der Waals surface area (Å²) < 4.78 is 21.7. The van der Waals surface area contributed by atoms with E-state index in [4.69, 9.17) is 29.2 Å². The number of nitrogens with zero attached hydrogens (tertiary/aromatic N) is 7. The molecular weight excluding hydrogens is 646 g/mol. The molecule has 13 nitrogen and oxygen atoms in total. The van der Waals surface area contributed by atoms with E-state index < -0.39 is 20.5 Å². The molecule has 1 aliphatic rings. The van der Waals surface area contributed by atoms with Gasteiger partial charge in [0.25, 0.3) is 0 Å². The third kappa shape index (κ3) is 8.05. The lowest BCUT2D eigenvalue weighted by Crippen LogP contribution is -2.37. The summed E-state index contributed by atoms with van der Waals surface area (Å²) in [7, 11) is -0.742. The van der Waals surface area contributed by atoms with Crippen LogP contribution in [0.1, 0.15) is 32.2 Å². The third-order valence-corrected chi connectivity index (χ3v) is 9.01. The summed E-state index contributed by atoms with van der Waals surface area (Å²) in [5.74, 6) is 1.99. The predicted octanol–water partition coefficient (Wildman–Crippen LogP) is 4.21. The van der Waals surface area contributed by atoms with Gasteiger partial charge in [-0.05, 0) is 60.8 Å². The summed E-state index contributed by atoms with van der Waals surface area (Å²) in [5.41, 5.74) is 3.04. The minimum absolute atomic E-state index is 0.372. The number of rotatable bonds is 12. The first-order chi connectivity index (χ1) is 21.1. The van der Waals surface area contributed by atoms with Gasteiger partial charge in [-0.25, -0.2) is 9.78 Å². The van der Waals surface area contributed by atoms with Gasteiger partial charge in [-0.3, -0.25) is 0 Å². The monoisotopic (exact) mass is 687 g/mol. The Hall–Kier alpha value is -3.27. The van der Waals surface area contributed by atoms with Gasteiger partial charge in [0.1, 0.15) is 18.2 Å². The van der Waals surface area contributed by atoms with E-state index >= 15 is 0 Å². The van der Waals surface area contributed by atoms with Gasteiger partial charge in [0.15, 0.2) is 5.65 Å². The lowest BCUT2D eigenvalue weighted by molar-refractivity contribution is 0.0528. The van der Waals surface area contributed by atoms with Crippen molar-refractivity contribution in [1.29, 1.82) is 0 Å². The number of carbonyl (C=O) groups excluding carboxylic acids is 1. The van der Waals surface area contributed by atoms with Crippen molar-refractivity contribution in [2.75, 3.05) is 49.7 Å². The van der Waals surface area contributed by atoms with Crippen LogP contribution in [0.2, 0.25) is 19.1 Å². The zero-order chi connectivity index (χ0) is 31.3. The van der Waals surface area contributed by atoms with Gasteiger partial charge in [-0.2, -0.15) is 19.6 Å². The highest BCUT2D eigenvalue weighted by Gasteiger charge is 2.21. The highest BCUT2D eigenvalue weighted by Crippen LogP contribution is 2.25. The molecule has 1 saturated heterocycles. The van der Waals surface area contributed by atoms with E-state index in [1.807, 2.05) is 32.9 Å². The van der Waals surface area contributed by atoms with Gasteiger partial charge in [0, 0.05) is 35.0 Å². The van der Waals surface area contributed by atoms with Gasteiger partial charge in [0.05, 0.1) is 41.5 Å². The van der Waals surface area contributed by atoms with Gasteiger partial charge >= 0.3 is 6.09 Å². The van der Waals surface area contributed by atoms with Crippen LogP contribution in [-0.2, 0) is 33.9 Å². The van der Waals surface area contributed by atoms with Crippen LogP contribution in [-0.4, -0.2) is 89.1 Å². The Morgan fingerprint density at radius 3 is 2.70 bits per heavy atom.